The molecule has 2 heteroatoms. The fraction of sp³-hybridized carbons (Fsp3) is 0. The largest absolute Gasteiger partial charge is 0.309 e. The van der Waals surface area contributed by atoms with Crippen LogP contribution in [-0.2, 0) is 0 Å². The molecule has 2 nitrogen and oxygen atoms in total. The van der Waals surface area contributed by atoms with Crippen molar-refractivity contribution in [3.8, 4) is 44.8 Å². The van der Waals surface area contributed by atoms with Crippen LogP contribution in [0.25, 0.3) is 99.1 Å². The van der Waals surface area contributed by atoms with Crippen molar-refractivity contribution < 1.29 is 0 Å². The Morgan fingerprint density at radius 2 is 0.667 bits per heavy atom. The maximum atomic E-state index is 2.39. The quantitative estimate of drug-likeness (QED) is 0.171. The number of aromatic nitrogens is 2. The Balaban J connectivity index is 1.15. The molecule has 0 saturated carbocycles. The van der Waals surface area contributed by atoms with Crippen LogP contribution >= 0.6 is 0 Å². The fourth-order valence-corrected chi connectivity index (χ4v) is 8.61. The van der Waals surface area contributed by atoms with Gasteiger partial charge >= 0.3 is 0 Å². The van der Waals surface area contributed by atoms with Gasteiger partial charge in [-0.15, -0.1) is 0 Å². The van der Waals surface area contributed by atoms with Crippen molar-refractivity contribution >= 4 is 54.4 Å². The summed E-state index contributed by atoms with van der Waals surface area (Å²) in [5, 5.41) is 7.50. The molecule has 0 amide bonds. The number of para-hydroxylation sites is 4. The van der Waals surface area contributed by atoms with Crippen molar-refractivity contribution in [1.29, 1.82) is 0 Å². The normalized spacial score (nSPS) is 11.7. The highest BCUT2D eigenvalue weighted by molar-refractivity contribution is 6.12. The molecular weight excluding hydrogens is 653 g/mol. The summed E-state index contributed by atoms with van der Waals surface area (Å²) in [5.41, 5.74) is 14.4. The van der Waals surface area contributed by atoms with Crippen molar-refractivity contribution in [3.05, 3.63) is 206 Å². The number of nitrogens with zero attached hydrogens (tertiary/aromatic N) is 2. The molecule has 0 radical (unpaired) electrons. The van der Waals surface area contributed by atoms with Gasteiger partial charge < -0.3 is 9.13 Å². The van der Waals surface area contributed by atoms with Crippen LogP contribution in [0.3, 0.4) is 0 Å². The lowest BCUT2D eigenvalue weighted by Gasteiger charge is -2.14. The van der Waals surface area contributed by atoms with Gasteiger partial charge in [-0.05, 0) is 123 Å². The van der Waals surface area contributed by atoms with Crippen molar-refractivity contribution in [2.45, 2.75) is 0 Å². The maximum Gasteiger partial charge on any atom is 0.0541 e. The molecule has 0 aliphatic rings. The second-order valence-corrected chi connectivity index (χ2v) is 14.2. The Bertz CT molecular complexity index is 3020. The summed E-state index contributed by atoms with van der Waals surface area (Å²) in [6.45, 7) is 0. The van der Waals surface area contributed by atoms with Gasteiger partial charge in [0.2, 0.25) is 0 Å². The molecule has 0 fully saturated rings. The Kier molecular flexibility index (Phi) is 6.90. The molecule has 0 aliphatic carbocycles. The van der Waals surface area contributed by atoms with Crippen LogP contribution in [0, 0.1) is 0 Å². The molecule has 2 aromatic heterocycles. The number of fused-ring (bicyclic) bond motifs is 7. The minimum Gasteiger partial charge on any atom is -0.309 e. The van der Waals surface area contributed by atoms with Crippen LogP contribution in [0.15, 0.2) is 206 Å². The zero-order chi connectivity index (χ0) is 35.6. The smallest absolute Gasteiger partial charge is 0.0541 e. The van der Waals surface area contributed by atoms with E-state index in [0.29, 0.717) is 0 Å². The van der Waals surface area contributed by atoms with Crippen LogP contribution < -0.4 is 0 Å². The SMILES string of the molecule is c1ccc(-n2c3ccccc3c3cc(-c4cc(-c5ccc6c(c5)c5ccccc5n6-c5ccccc5)cc(-c5cccc6ccccc56)c4)ccc32)cc1. The first-order valence-corrected chi connectivity index (χ1v) is 18.6. The number of hydrogen-bond acceptors (Lipinski definition) is 0. The molecule has 0 atom stereocenters. The van der Waals surface area contributed by atoms with Crippen molar-refractivity contribution in [3.63, 3.8) is 0 Å². The molecule has 0 spiro atoms. The van der Waals surface area contributed by atoms with E-state index >= 15 is 0 Å². The molecule has 54 heavy (non-hydrogen) atoms. The maximum absolute atomic E-state index is 2.39. The standard InChI is InChI=1S/C52H34N2/c1-3-16-41(17-4-1)53-49-24-11-9-21-45(49)47-33-36(26-28-51(47)53)38-30-39(32-40(31-38)44-23-13-15-35-14-7-8-20-43(35)44)37-27-29-52-48(34-37)46-22-10-12-25-50(46)54(52)42-18-5-2-6-19-42/h1-34H. The summed E-state index contributed by atoms with van der Waals surface area (Å²) in [5.74, 6) is 0. The van der Waals surface area contributed by atoms with Gasteiger partial charge in [-0.25, -0.2) is 0 Å². The van der Waals surface area contributed by atoms with Crippen LogP contribution in [0.4, 0.5) is 0 Å². The molecule has 11 rings (SSSR count). The van der Waals surface area contributed by atoms with Crippen LogP contribution in [0.1, 0.15) is 0 Å². The Labute approximate surface area is 313 Å². The second kappa shape index (κ2) is 12.2. The molecular formula is C52H34N2. The zero-order valence-electron chi connectivity index (χ0n) is 29.5. The molecule has 0 N–H and O–H groups in total. The molecule has 0 saturated heterocycles. The van der Waals surface area contributed by atoms with Crippen LogP contribution in [-0.4, -0.2) is 9.13 Å². The lowest BCUT2D eigenvalue weighted by molar-refractivity contribution is 1.18. The summed E-state index contributed by atoms with van der Waals surface area (Å²) in [4.78, 5) is 0. The van der Waals surface area contributed by atoms with Gasteiger partial charge in [-0.1, -0.05) is 127 Å². The van der Waals surface area contributed by atoms with Gasteiger partial charge in [0.25, 0.3) is 0 Å². The summed E-state index contributed by atoms with van der Waals surface area (Å²) < 4.78 is 4.76. The summed E-state index contributed by atoms with van der Waals surface area (Å²) in [7, 11) is 0. The average molecular weight is 687 g/mol. The predicted molar refractivity (Wildman–Crippen MR) is 229 cm³/mol. The Morgan fingerprint density at radius 1 is 0.241 bits per heavy atom. The highest BCUT2D eigenvalue weighted by Crippen LogP contribution is 2.41. The molecule has 0 unspecified atom stereocenters. The molecule has 0 aliphatic heterocycles. The third kappa shape index (κ3) is 4.81. The topological polar surface area (TPSA) is 9.86 Å². The van der Waals surface area contributed by atoms with Gasteiger partial charge in [0, 0.05) is 32.9 Å². The van der Waals surface area contributed by atoms with E-state index in [2.05, 4.69) is 215 Å². The van der Waals surface area contributed by atoms with E-state index in [1.165, 1.54) is 99.1 Å². The summed E-state index contributed by atoms with van der Waals surface area (Å²) in [6, 6.07) is 75.3. The van der Waals surface area contributed by atoms with E-state index in [9.17, 15) is 0 Å². The third-order valence-corrected chi connectivity index (χ3v) is 11.1. The number of hydrogen-bond donors (Lipinski definition) is 0. The van der Waals surface area contributed by atoms with E-state index in [4.69, 9.17) is 0 Å². The molecule has 0 bridgehead atoms. The first-order chi connectivity index (χ1) is 26.8. The molecule has 11 aromatic rings. The van der Waals surface area contributed by atoms with Crippen LogP contribution in [0.2, 0.25) is 0 Å². The van der Waals surface area contributed by atoms with Gasteiger partial charge in [0.15, 0.2) is 0 Å². The van der Waals surface area contributed by atoms with E-state index in [0.717, 1.165) is 0 Å². The first kappa shape index (κ1) is 30.5. The minimum absolute atomic E-state index is 1.17. The molecule has 2 heterocycles. The van der Waals surface area contributed by atoms with Gasteiger partial charge in [-0.2, -0.15) is 0 Å². The highest BCUT2D eigenvalue weighted by atomic mass is 15.0. The summed E-state index contributed by atoms with van der Waals surface area (Å²) >= 11 is 0. The average Bonchev–Trinajstić information content (AvgIpc) is 3.76. The van der Waals surface area contributed by atoms with Crippen molar-refractivity contribution in [1.82, 2.24) is 9.13 Å². The summed E-state index contributed by atoms with van der Waals surface area (Å²) in [6.07, 6.45) is 0. The van der Waals surface area contributed by atoms with E-state index in [1.807, 2.05) is 0 Å². The van der Waals surface area contributed by atoms with E-state index in [-0.39, 0.29) is 0 Å². The van der Waals surface area contributed by atoms with E-state index in [1.54, 1.807) is 0 Å². The lowest BCUT2D eigenvalue weighted by atomic mass is 9.90. The number of benzene rings is 9. The Morgan fingerprint density at radius 3 is 1.22 bits per heavy atom. The Hall–Kier alpha value is -7.16. The molecule has 9 aromatic carbocycles. The lowest BCUT2D eigenvalue weighted by Crippen LogP contribution is -1.93. The van der Waals surface area contributed by atoms with Gasteiger partial charge in [-0.3, -0.25) is 0 Å². The second-order valence-electron chi connectivity index (χ2n) is 14.2. The molecule has 252 valence electrons. The predicted octanol–water partition coefficient (Wildman–Crippen LogP) is 14.0. The van der Waals surface area contributed by atoms with Gasteiger partial charge in [0.05, 0.1) is 22.1 Å². The number of rotatable bonds is 5. The third-order valence-electron chi connectivity index (χ3n) is 11.1. The zero-order valence-corrected chi connectivity index (χ0v) is 29.5. The fourth-order valence-electron chi connectivity index (χ4n) is 8.61. The van der Waals surface area contributed by atoms with Crippen molar-refractivity contribution in [2.24, 2.45) is 0 Å². The van der Waals surface area contributed by atoms with Gasteiger partial charge in [0.1, 0.15) is 0 Å². The van der Waals surface area contributed by atoms with E-state index < -0.39 is 0 Å². The minimum atomic E-state index is 1.17. The highest BCUT2D eigenvalue weighted by Gasteiger charge is 2.17. The van der Waals surface area contributed by atoms with Crippen molar-refractivity contribution in [2.75, 3.05) is 0 Å². The monoisotopic (exact) mass is 686 g/mol. The van der Waals surface area contributed by atoms with Crippen LogP contribution in [0.5, 0.6) is 0 Å². The first-order valence-electron chi connectivity index (χ1n) is 18.6.